The van der Waals surface area contributed by atoms with E-state index >= 15 is 0 Å². The second-order valence-corrected chi connectivity index (χ2v) is 4.70. The van der Waals surface area contributed by atoms with Crippen molar-refractivity contribution in [2.75, 3.05) is 0 Å². The molecule has 1 atom stereocenters. The Bertz CT molecular complexity index is 305. The minimum atomic E-state index is -0.0603. The van der Waals surface area contributed by atoms with E-state index in [2.05, 4.69) is 0 Å². The summed E-state index contributed by atoms with van der Waals surface area (Å²) in [5.41, 5.74) is 0. The summed E-state index contributed by atoms with van der Waals surface area (Å²) in [6.07, 6.45) is 3.75. The molecule has 1 aromatic rings. The van der Waals surface area contributed by atoms with Crippen LogP contribution in [0.25, 0.3) is 0 Å². The molecule has 0 spiro atoms. The molecule has 0 saturated carbocycles. The number of aromatic nitrogens is 1. The van der Waals surface area contributed by atoms with Gasteiger partial charge in [-0.2, -0.15) is 0 Å². The first-order valence-electron chi connectivity index (χ1n) is 3.95. The maximum absolute atomic E-state index is 11.0. The van der Waals surface area contributed by atoms with E-state index in [0.717, 1.165) is 0 Å². The van der Waals surface area contributed by atoms with Gasteiger partial charge < -0.3 is 4.57 Å². The summed E-state index contributed by atoms with van der Waals surface area (Å²) < 4.78 is 2.55. The van der Waals surface area contributed by atoms with Gasteiger partial charge >= 0.3 is 0 Å². The first-order valence-corrected chi connectivity index (χ1v) is 5.24. The standard InChI is InChI=1S/C9H11NOS2/c1-7(11)8(2)13-9(12)10-5-3-4-6-10/h3-6,8H,1-2H3. The lowest BCUT2D eigenvalue weighted by molar-refractivity contribution is -0.116. The molecule has 1 heterocycles. The SMILES string of the molecule is CC(=O)C(C)SC(=S)n1cccc1. The summed E-state index contributed by atoms with van der Waals surface area (Å²) in [6, 6.07) is 3.82. The molecule has 70 valence electrons. The summed E-state index contributed by atoms with van der Waals surface area (Å²) in [4.78, 5) is 11.0. The summed E-state index contributed by atoms with van der Waals surface area (Å²) in [5.74, 6) is 0.152. The molecule has 1 rings (SSSR count). The number of Topliss-reactive ketones (excluding diaryl/α,β-unsaturated/α-hetero) is 1. The van der Waals surface area contributed by atoms with Gasteiger partial charge in [0.2, 0.25) is 0 Å². The quantitative estimate of drug-likeness (QED) is 0.704. The van der Waals surface area contributed by atoms with Gasteiger partial charge in [-0.1, -0.05) is 24.0 Å². The van der Waals surface area contributed by atoms with Crippen LogP contribution < -0.4 is 0 Å². The Morgan fingerprint density at radius 1 is 1.46 bits per heavy atom. The fourth-order valence-electron chi connectivity index (χ4n) is 0.751. The molecule has 1 unspecified atom stereocenters. The Kier molecular flexibility index (Phi) is 3.69. The highest BCUT2D eigenvalue weighted by atomic mass is 32.2. The highest BCUT2D eigenvalue weighted by molar-refractivity contribution is 8.23. The van der Waals surface area contributed by atoms with Gasteiger partial charge in [0.15, 0.2) is 0 Å². The van der Waals surface area contributed by atoms with Crippen molar-refractivity contribution < 1.29 is 4.79 Å². The van der Waals surface area contributed by atoms with Crippen molar-refractivity contribution in [3.63, 3.8) is 0 Å². The summed E-state index contributed by atoms with van der Waals surface area (Å²) >= 11 is 6.55. The van der Waals surface area contributed by atoms with Gasteiger partial charge in [0.25, 0.3) is 0 Å². The molecular formula is C9H11NOS2. The van der Waals surface area contributed by atoms with Crippen LogP contribution in [-0.2, 0) is 4.79 Å². The number of rotatable bonds is 2. The normalized spacial score (nSPS) is 12.5. The number of thiocarbonyl (C=S) groups is 1. The van der Waals surface area contributed by atoms with Gasteiger partial charge in [0, 0.05) is 12.4 Å². The van der Waals surface area contributed by atoms with E-state index in [0.29, 0.717) is 4.32 Å². The van der Waals surface area contributed by atoms with Crippen LogP contribution in [-0.4, -0.2) is 19.9 Å². The molecule has 0 saturated heterocycles. The molecule has 0 bridgehead atoms. The zero-order chi connectivity index (χ0) is 9.84. The Morgan fingerprint density at radius 2 is 2.00 bits per heavy atom. The fourth-order valence-corrected chi connectivity index (χ4v) is 2.02. The lowest BCUT2D eigenvalue weighted by Gasteiger charge is -2.08. The lowest BCUT2D eigenvalue weighted by atomic mass is 10.3. The minimum absolute atomic E-state index is 0.0603. The molecule has 0 aliphatic carbocycles. The van der Waals surface area contributed by atoms with Crippen molar-refractivity contribution in [2.24, 2.45) is 0 Å². The Balaban J connectivity index is 2.56. The van der Waals surface area contributed by atoms with E-state index in [-0.39, 0.29) is 11.0 Å². The number of hydrogen-bond acceptors (Lipinski definition) is 3. The van der Waals surface area contributed by atoms with Gasteiger partial charge in [-0.15, -0.1) is 0 Å². The third-order valence-electron chi connectivity index (χ3n) is 1.67. The Morgan fingerprint density at radius 3 is 2.46 bits per heavy atom. The Hall–Kier alpha value is -0.610. The first kappa shape index (κ1) is 10.5. The van der Waals surface area contributed by atoms with Crippen molar-refractivity contribution in [2.45, 2.75) is 19.1 Å². The minimum Gasteiger partial charge on any atom is -0.310 e. The average Bonchev–Trinajstić information content (AvgIpc) is 2.55. The number of nitrogens with zero attached hydrogens (tertiary/aromatic N) is 1. The summed E-state index contributed by atoms with van der Waals surface area (Å²) in [7, 11) is 0. The molecule has 13 heavy (non-hydrogen) atoms. The van der Waals surface area contributed by atoms with Crippen molar-refractivity contribution in [1.29, 1.82) is 0 Å². The van der Waals surface area contributed by atoms with E-state index in [4.69, 9.17) is 12.2 Å². The molecule has 0 N–H and O–H groups in total. The fraction of sp³-hybridized carbons (Fsp3) is 0.333. The van der Waals surface area contributed by atoms with E-state index in [1.54, 1.807) is 6.92 Å². The predicted octanol–water partition coefficient (Wildman–Crippen LogP) is 2.33. The van der Waals surface area contributed by atoms with E-state index in [1.807, 2.05) is 36.0 Å². The second-order valence-electron chi connectivity index (χ2n) is 2.73. The van der Waals surface area contributed by atoms with Crippen molar-refractivity contribution in [3.8, 4) is 0 Å². The van der Waals surface area contributed by atoms with Crippen LogP contribution in [0, 0.1) is 0 Å². The third kappa shape index (κ3) is 2.97. The molecule has 0 aliphatic heterocycles. The number of ketones is 1. The second kappa shape index (κ2) is 4.58. The smallest absolute Gasteiger partial charge is 0.145 e. The molecule has 0 aliphatic rings. The number of carbonyl (C=O) groups is 1. The third-order valence-corrected chi connectivity index (χ3v) is 3.26. The molecule has 0 radical (unpaired) electrons. The average molecular weight is 213 g/mol. The molecule has 0 aromatic carbocycles. The number of carbonyl (C=O) groups excluding carboxylic acids is 1. The number of thioether (sulfide) groups is 1. The topological polar surface area (TPSA) is 22.0 Å². The van der Waals surface area contributed by atoms with Crippen molar-refractivity contribution >= 4 is 34.1 Å². The van der Waals surface area contributed by atoms with Gasteiger partial charge in [0.05, 0.1) is 5.25 Å². The highest BCUT2D eigenvalue weighted by Crippen LogP contribution is 2.15. The largest absolute Gasteiger partial charge is 0.310 e. The molecule has 1 aromatic heterocycles. The number of hydrogen-bond donors (Lipinski definition) is 0. The monoisotopic (exact) mass is 213 g/mol. The van der Waals surface area contributed by atoms with Crippen LogP contribution in [0.5, 0.6) is 0 Å². The van der Waals surface area contributed by atoms with E-state index in [9.17, 15) is 4.79 Å². The van der Waals surface area contributed by atoms with Crippen molar-refractivity contribution in [3.05, 3.63) is 24.5 Å². The molecule has 0 amide bonds. The Labute approximate surface area is 87.3 Å². The predicted molar refractivity (Wildman–Crippen MR) is 60.2 cm³/mol. The van der Waals surface area contributed by atoms with Gasteiger partial charge in [0.1, 0.15) is 10.1 Å². The first-order chi connectivity index (χ1) is 6.11. The molecule has 0 fully saturated rings. The van der Waals surface area contributed by atoms with Gasteiger partial charge in [-0.3, -0.25) is 4.79 Å². The van der Waals surface area contributed by atoms with Crippen molar-refractivity contribution in [1.82, 2.24) is 4.57 Å². The van der Waals surface area contributed by atoms with Crippen LogP contribution >= 0.6 is 24.0 Å². The maximum atomic E-state index is 11.0. The summed E-state index contributed by atoms with van der Waals surface area (Å²) in [6.45, 7) is 3.44. The summed E-state index contributed by atoms with van der Waals surface area (Å²) in [5, 5.41) is -0.0603. The van der Waals surface area contributed by atoms with Crippen LogP contribution in [0.15, 0.2) is 24.5 Å². The molecule has 4 heteroatoms. The van der Waals surface area contributed by atoms with Crippen LogP contribution in [0.1, 0.15) is 13.8 Å². The van der Waals surface area contributed by atoms with E-state index < -0.39 is 0 Å². The van der Waals surface area contributed by atoms with Crippen LogP contribution in [0.2, 0.25) is 0 Å². The zero-order valence-corrected chi connectivity index (χ0v) is 9.19. The molecular weight excluding hydrogens is 202 g/mol. The van der Waals surface area contributed by atoms with Crippen LogP contribution in [0.3, 0.4) is 0 Å². The van der Waals surface area contributed by atoms with E-state index in [1.165, 1.54) is 11.8 Å². The molecule has 2 nitrogen and oxygen atoms in total. The van der Waals surface area contributed by atoms with Crippen LogP contribution in [0.4, 0.5) is 0 Å². The maximum Gasteiger partial charge on any atom is 0.145 e. The highest BCUT2D eigenvalue weighted by Gasteiger charge is 2.11. The van der Waals surface area contributed by atoms with Gasteiger partial charge in [-0.05, 0) is 26.0 Å². The van der Waals surface area contributed by atoms with Gasteiger partial charge in [-0.25, -0.2) is 0 Å². The lowest BCUT2D eigenvalue weighted by Crippen LogP contribution is -2.14. The zero-order valence-electron chi connectivity index (χ0n) is 7.56.